The molecule has 0 aliphatic heterocycles. The summed E-state index contributed by atoms with van der Waals surface area (Å²) in [4.78, 5) is 0. The third-order valence-corrected chi connectivity index (χ3v) is 13.1. The lowest BCUT2D eigenvalue weighted by Crippen LogP contribution is -3.00. The number of unbranched alkanes of at least 4 members (excludes halogenated alkanes) is 15. The van der Waals surface area contributed by atoms with Crippen molar-refractivity contribution in [1.82, 2.24) is 0 Å². The summed E-state index contributed by atoms with van der Waals surface area (Å²) >= 11 is 0. The number of allylic oxidation sites excluding steroid dienone is 1. The van der Waals surface area contributed by atoms with Gasteiger partial charge in [0.25, 0.3) is 0 Å². The highest BCUT2D eigenvalue weighted by Gasteiger charge is 2.43. The molecule has 0 radical (unpaired) electrons. The Hall–Kier alpha value is -0.320. The van der Waals surface area contributed by atoms with Crippen molar-refractivity contribution in [3.8, 4) is 0 Å². The van der Waals surface area contributed by atoms with Crippen molar-refractivity contribution in [2.24, 2.45) is 0 Å². The van der Waals surface area contributed by atoms with E-state index in [1.807, 2.05) is 0 Å². The molecule has 0 aromatic heterocycles. The molecule has 1 aromatic rings. The second kappa shape index (κ2) is 24.0. The van der Waals surface area contributed by atoms with Gasteiger partial charge < -0.3 is 12.4 Å². The summed E-state index contributed by atoms with van der Waals surface area (Å²) in [6, 6.07) is 11.5. The van der Waals surface area contributed by atoms with Crippen molar-refractivity contribution < 1.29 is 12.4 Å². The lowest BCUT2D eigenvalue weighted by Gasteiger charge is -2.34. The molecule has 1 rings (SSSR count). The Bertz CT molecular complexity index is 529. The molecule has 35 heavy (non-hydrogen) atoms. The zero-order chi connectivity index (χ0) is 24.7. The van der Waals surface area contributed by atoms with Gasteiger partial charge in [0.2, 0.25) is 0 Å². The summed E-state index contributed by atoms with van der Waals surface area (Å²) in [5.41, 5.74) is 2.16. The van der Waals surface area contributed by atoms with Gasteiger partial charge in [0.1, 0.15) is 5.66 Å². The highest BCUT2D eigenvalue weighted by Crippen LogP contribution is 2.71. The number of halogens is 1. The van der Waals surface area contributed by atoms with Crippen molar-refractivity contribution >= 4 is 7.26 Å². The first kappa shape index (κ1) is 34.7. The van der Waals surface area contributed by atoms with E-state index in [0.29, 0.717) is 5.66 Å². The van der Waals surface area contributed by atoms with Crippen LogP contribution in [0.25, 0.3) is 0 Å². The number of rotatable bonds is 24. The van der Waals surface area contributed by atoms with E-state index in [4.69, 9.17) is 0 Å². The molecule has 0 fully saturated rings. The highest BCUT2D eigenvalue weighted by atomic mass is 35.5. The first-order valence-electron chi connectivity index (χ1n) is 15.3. The normalized spacial score (nSPS) is 12.3. The lowest BCUT2D eigenvalue weighted by atomic mass is 10.1. The Labute approximate surface area is 228 Å². The van der Waals surface area contributed by atoms with E-state index in [0.717, 1.165) is 0 Å². The average Bonchev–Trinajstić information content (AvgIpc) is 2.86. The maximum atomic E-state index is 4.44. The van der Waals surface area contributed by atoms with Gasteiger partial charge >= 0.3 is 0 Å². The van der Waals surface area contributed by atoms with Crippen LogP contribution < -0.4 is 12.4 Å². The van der Waals surface area contributed by atoms with Gasteiger partial charge in [-0.2, -0.15) is 0 Å². The lowest BCUT2D eigenvalue weighted by molar-refractivity contribution is -0.00000749. The quantitative estimate of drug-likeness (QED) is 0.0721. The van der Waals surface area contributed by atoms with E-state index in [1.165, 1.54) is 134 Å². The summed E-state index contributed by atoms with van der Waals surface area (Å²) in [5, 5.41) is 0. The van der Waals surface area contributed by atoms with Crippen LogP contribution in [0, 0.1) is 0 Å². The Morgan fingerprint density at radius 3 is 1.26 bits per heavy atom. The van der Waals surface area contributed by atoms with Gasteiger partial charge in [0.05, 0.1) is 18.5 Å². The van der Waals surface area contributed by atoms with Crippen LogP contribution in [0.4, 0.5) is 0 Å². The highest BCUT2D eigenvalue weighted by molar-refractivity contribution is 7.76. The van der Waals surface area contributed by atoms with E-state index < -0.39 is 7.26 Å². The molecule has 0 spiro atoms. The standard InChI is InChI=1S/C33H60P.ClH/c1-5-9-12-15-18-24-29-34(30-25-19-16-13-10-6-2,31-26-20-17-14-11-7-3)33(8-4)32-27-22-21-23-28-32;/h8,21-23,27-28,33H,4-7,9-20,24-26,29-31H2,1-3H3;1H/q+1;/p-1. The number of benzene rings is 1. The Morgan fingerprint density at radius 2 is 0.914 bits per heavy atom. The van der Waals surface area contributed by atoms with Crippen LogP contribution in [-0.4, -0.2) is 18.5 Å². The van der Waals surface area contributed by atoms with Gasteiger partial charge in [-0.3, -0.25) is 0 Å². The summed E-state index contributed by atoms with van der Waals surface area (Å²) in [6.45, 7) is 11.4. The molecule has 0 aliphatic rings. The zero-order valence-electron chi connectivity index (χ0n) is 23.9. The molecule has 1 aromatic carbocycles. The van der Waals surface area contributed by atoms with E-state index in [2.05, 4.69) is 63.8 Å². The molecule has 0 nitrogen and oxygen atoms in total. The monoisotopic (exact) mass is 522 g/mol. The SMILES string of the molecule is C=CC(c1ccccc1)[P+](CCCCCCCC)(CCCCCCCC)CCCCCCCC.[Cl-]. The predicted octanol–water partition coefficient (Wildman–Crippen LogP) is 9.02. The Balaban J connectivity index is 0.0000116. The molecule has 0 aliphatic carbocycles. The fourth-order valence-corrected chi connectivity index (χ4v) is 11.0. The molecule has 204 valence electrons. The van der Waals surface area contributed by atoms with E-state index >= 15 is 0 Å². The molecule has 1 atom stereocenters. The van der Waals surface area contributed by atoms with Gasteiger partial charge in [-0.15, -0.1) is 0 Å². The zero-order valence-corrected chi connectivity index (χ0v) is 25.6. The van der Waals surface area contributed by atoms with Crippen LogP contribution in [0.2, 0.25) is 0 Å². The van der Waals surface area contributed by atoms with Gasteiger partial charge in [0, 0.05) is 7.26 Å². The van der Waals surface area contributed by atoms with Crippen molar-refractivity contribution in [1.29, 1.82) is 0 Å². The second-order valence-corrected chi connectivity index (χ2v) is 15.1. The summed E-state index contributed by atoms with van der Waals surface area (Å²) in [7, 11) is -1.11. The maximum absolute atomic E-state index is 4.44. The van der Waals surface area contributed by atoms with E-state index in [-0.39, 0.29) is 12.4 Å². The molecule has 1 unspecified atom stereocenters. The first-order valence-corrected chi connectivity index (χ1v) is 17.7. The van der Waals surface area contributed by atoms with Crippen molar-refractivity contribution in [2.45, 2.75) is 142 Å². The number of hydrogen-bond donors (Lipinski definition) is 0. The molecule has 2 heteroatoms. The minimum absolute atomic E-state index is 0. The largest absolute Gasteiger partial charge is 1.00 e. The average molecular weight is 523 g/mol. The fraction of sp³-hybridized carbons (Fsp3) is 0.758. The molecule has 0 amide bonds. The molecule has 0 N–H and O–H groups in total. The van der Waals surface area contributed by atoms with Gasteiger partial charge in [0.15, 0.2) is 0 Å². The molecular formula is C33H60ClP. The summed E-state index contributed by atoms with van der Waals surface area (Å²) in [5.74, 6) is 0. The Morgan fingerprint density at radius 1 is 0.571 bits per heavy atom. The second-order valence-electron chi connectivity index (χ2n) is 10.8. The topological polar surface area (TPSA) is 0 Å². The molecule has 0 saturated carbocycles. The van der Waals surface area contributed by atoms with Crippen molar-refractivity contribution in [3.05, 3.63) is 48.6 Å². The van der Waals surface area contributed by atoms with Gasteiger partial charge in [-0.05, 0) is 50.2 Å². The van der Waals surface area contributed by atoms with E-state index in [1.54, 1.807) is 5.56 Å². The Kier molecular flexibility index (Phi) is 23.8. The minimum atomic E-state index is -1.11. The number of hydrogen-bond acceptors (Lipinski definition) is 0. The van der Waals surface area contributed by atoms with Crippen LogP contribution in [0.1, 0.15) is 148 Å². The summed E-state index contributed by atoms with van der Waals surface area (Å²) in [6.07, 6.45) is 32.4. The van der Waals surface area contributed by atoms with Crippen molar-refractivity contribution in [2.75, 3.05) is 18.5 Å². The maximum Gasteiger partial charge on any atom is 0.112 e. The molecular weight excluding hydrogens is 463 g/mol. The van der Waals surface area contributed by atoms with Crippen LogP contribution >= 0.6 is 7.26 Å². The minimum Gasteiger partial charge on any atom is -1.00 e. The summed E-state index contributed by atoms with van der Waals surface area (Å²) < 4.78 is 0. The fourth-order valence-electron chi connectivity index (χ4n) is 5.70. The third kappa shape index (κ3) is 15.5. The van der Waals surface area contributed by atoms with Crippen molar-refractivity contribution in [3.63, 3.8) is 0 Å². The first-order chi connectivity index (χ1) is 16.7. The third-order valence-electron chi connectivity index (χ3n) is 7.83. The molecule has 0 saturated heterocycles. The van der Waals surface area contributed by atoms with Crippen LogP contribution in [0.5, 0.6) is 0 Å². The van der Waals surface area contributed by atoms with Gasteiger partial charge in [-0.25, -0.2) is 0 Å². The molecule has 0 bridgehead atoms. The molecule has 0 heterocycles. The van der Waals surface area contributed by atoms with Crippen LogP contribution in [0.15, 0.2) is 43.0 Å². The predicted molar refractivity (Wildman–Crippen MR) is 161 cm³/mol. The van der Waals surface area contributed by atoms with E-state index in [9.17, 15) is 0 Å². The van der Waals surface area contributed by atoms with Gasteiger partial charge in [-0.1, -0.05) is 135 Å². The van der Waals surface area contributed by atoms with Crippen LogP contribution in [0.3, 0.4) is 0 Å². The van der Waals surface area contributed by atoms with Crippen LogP contribution in [-0.2, 0) is 0 Å². The smallest absolute Gasteiger partial charge is 0.112 e.